The lowest BCUT2D eigenvalue weighted by Gasteiger charge is -2.43. The van der Waals surface area contributed by atoms with Gasteiger partial charge in [0.2, 0.25) is 0 Å². The van der Waals surface area contributed by atoms with Gasteiger partial charge in [0.05, 0.1) is 165 Å². The molecule has 0 aliphatic rings. The van der Waals surface area contributed by atoms with Crippen molar-refractivity contribution >= 4 is 23.4 Å². The van der Waals surface area contributed by atoms with Crippen molar-refractivity contribution in [3.63, 3.8) is 0 Å². The molecule has 0 atom stereocenters. The monoisotopic (exact) mass is 1600 g/mol. The molecule has 6 aromatic rings. The van der Waals surface area contributed by atoms with Crippen molar-refractivity contribution in [1.82, 2.24) is 10.6 Å². The molecular formula is C96H162N10O9+8. The standard InChI is InChI=1S/C30H52N3O4.C28H48N3O.2C19H30N2O2/c1-5-27-6-8-29(9-7-27)25-32(16-20-34,17-21-35)14-15-33(18-22-36,19-23-37)26-30-12-10-28(11-13-30)24-31(2,3)4;1-9-25-10-12-27(13-11-25)23-30(5,6)18-20-32-21-19-31(7,8)24-28-16-14-26(15-17-28)22-29(2,3)4;2*1-5-6-14-20-19(23)17-12-10-16(11-13-17)18(22)9-7-8-15-21(2,3)4/h6-13,34-37H,5,14-26H2,1-4H3;10-17H,9,18-24H2,1-8H3;2*10-13H,5-9,14-15H2,1-4H3/q2*+3;;/p+2. The summed E-state index contributed by atoms with van der Waals surface area (Å²) in [5, 5.41) is 45.8. The molecule has 0 aromatic heterocycles. The lowest BCUT2D eigenvalue weighted by molar-refractivity contribution is -0.993. The van der Waals surface area contributed by atoms with Crippen LogP contribution in [-0.4, -0.2) is 311 Å². The van der Waals surface area contributed by atoms with Crippen LogP contribution in [0.15, 0.2) is 146 Å². The summed E-state index contributed by atoms with van der Waals surface area (Å²) in [5.41, 5.74) is 13.2. The normalized spacial score (nSPS) is 12.2. The predicted octanol–water partition coefficient (Wildman–Crippen LogP) is 12.6. The Morgan fingerprint density at radius 2 is 0.548 bits per heavy atom. The van der Waals surface area contributed by atoms with E-state index in [1.807, 2.05) is 0 Å². The van der Waals surface area contributed by atoms with E-state index in [4.69, 9.17) is 4.74 Å². The number of carbonyl (C=O) groups is 4. The number of carbonyl (C=O) groups excluding carboxylic acids is 4. The van der Waals surface area contributed by atoms with Crippen LogP contribution in [0.25, 0.3) is 0 Å². The van der Waals surface area contributed by atoms with E-state index >= 15 is 0 Å². The number of ketones is 2. The molecule has 0 spiro atoms. The van der Waals surface area contributed by atoms with Crippen LogP contribution in [0, 0.1) is 0 Å². The van der Waals surface area contributed by atoms with Gasteiger partial charge in [-0.25, -0.2) is 0 Å². The zero-order chi connectivity index (χ0) is 85.8. The molecule has 0 heterocycles. The third kappa shape index (κ3) is 45.0. The summed E-state index contributed by atoms with van der Waals surface area (Å²) in [6.45, 7) is 25.1. The first kappa shape index (κ1) is 102. The summed E-state index contributed by atoms with van der Waals surface area (Å²) in [5.74, 6) is 0.175. The van der Waals surface area contributed by atoms with Gasteiger partial charge in [0.15, 0.2) is 11.6 Å². The molecule has 0 saturated carbocycles. The van der Waals surface area contributed by atoms with Crippen LogP contribution in [0.1, 0.15) is 178 Å². The maximum atomic E-state index is 12.2. The van der Waals surface area contributed by atoms with E-state index in [-0.39, 0.29) is 49.8 Å². The third-order valence-electron chi connectivity index (χ3n) is 21.0. The largest absolute Gasteiger partial charge is 0.391 e. The number of aliphatic hydroxyl groups is 4. The fourth-order valence-electron chi connectivity index (χ4n) is 14.0. The molecule has 0 saturated heterocycles. The van der Waals surface area contributed by atoms with Crippen LogP contribution < -0.4 is 10.6 Å². The fourth-order valence-corrected chi connectivity index (χ4v) is 14.0. The molecule has 642 valence electrons. The van der Waals surface area contributed by atoms with Crippen molar-refractivity contribution in [3.8, 4) is 0 Å². The second-order valence-electron chi connectivity index (χ2n) is 37.5. The molecule has 0 bridgehead atoms. The minimum absolute atomic E-state index is 0.0397. The number of Topliss-reactive ketones (excluding diaryl/α,β-unsaturated/α-hetero) is 2. The number of amides is 2. The van der Waals surface area contributed by atoms with E-state index in [1.54, 1.807) is 48.5 Å². The Morgan fingerprint density at radius 1 is 0.287 bits per heavy atom. The number of rotatable bonds is 51. The Kier molecular flexibility index (Phi) is 46.3. The molecule has 19 heteroatoms. The van der Waals surface area contributed by atoms with E-state index in [2.05, 4.69) is 248 Å². The first-order valence-electron chi connectivity index (χ1n) is 42.9. The predicted molar refractivity (Wildman–Crippen MR) is 475 cm³/mol. The number of benzene rings is 6. The minimum Gasteiger partial charge on any atom is -0.391 e. The number of aryl methyl sites for hydroxylation is 2. The van der Waals surface area contributed by atoms with Gasteiger partial charge in [-0.2, -0.15) is 0 Å². The molecule has 6 rings (SSSR count). The van der Waals surface area contributed by atoms with E-state index in [0.717, 1.165) is 183 Å². The molecule has 0 aliphatic carbocycles. The first-order valence-corrected chi connectivity index (χ1v) is 42.9. The SMILES string of the molecule is CCCCNC(=O)c1ccc(C(=O)CCCC[N+](C)(C)C)cc1.CCCCNC(=O)c1ccc(C(=O)CCCC[N+](C)(C)C)cc1.CCc1ccc(C[N+](C)(C)CCOCC[N+](C)(C)Cc2ccc(C[N+](C)(C)C)cc2)cc1.CCc1ccc(C[N+](CCO)(CCO)CC[N+](CCO)(CCO)Cc2ccc(C[N+](C)(C)C)cc2)cc1. The van der Waals surface area contributed by atoms with Gasteiger partial charge in [0.25, 0.3) is 11.8 Å². The van der Waals surface area contributed by atoms with Gasteiger partial charge in [0, 0.05) is 81.6 Å². The number of hydrogen-bond donors (Lipinski definition) is 6. The molecule has 6 aromatic carbocycles. The highest BCUT2D eigenvalue weighted by atomic mass is 16.5. The fraction of sp³-hybridized carbons (Fsp3) is 0.583. The number of ether oxygens (including phenoxy) is 1. The maximum Gasteiger partial charge on any atom is 0.251 e. The van der Waals surface area contributed by atoms with E-state index in [9.17, 15) is 39.6 Å². The summed E-state index contributed by atoms with van der Waals surface area (Å²) in [7, 11) is 35.4. The van der Waals surface area contributed by atoms with Gasteiger partial charge >= 0.3 is 0 Å². The number of quaternary nitrogens is 8. The average molecular weight is 1600 g/mol. The molecule has 19 nitrogen and oxygen atoms in total. The topological polar surface area (TPSA) is 182 Å². The lowest BCUT2D eigenvalue weighted by atomic mass is 10.0. The summed E-state index contributed by atoms with van der Waals surface area (Å²) >= 11 is 0. The van der Waals surface area contributed by atoms with Crippen molar-refractivity contribution in [2.75, 3.05) is 231 Å². The van der Waals surface area contributed by atoms with Gasteiger partial charge in [0.1, 0.15) is 91.6 Å². The summed E-state index contributed by atoms with van der Waals surface area (Å²) in [6.07, 6.45) is 11.2. The number of nitrogens with one attached hydrogen (secondary N) is 2. The van der Waals surface area contributed by atoms with Crippen LogP contribution in [0.5, 0.6) is 0 Å². The smallest absolute Gasteiger partial charge is 0.251 e. The second-order valence-corrected chi connectivity index (χ2v) is 37.5. The quantitative estimate of drug-likeness (QED) is 0.0123. The molecule has 0 radical (unpaired) electrons. The lowest BCUT2D eigenvalue weighted by Crippen LogP contribution is -2.60. The number of nitrogens with zero attached hydrogens (tertiary/aromatic N) is 8. The number of unbranched alkanes of at least 4 members (excludes halogenated alkanes) is 4. The van der Waals surface area contributed by atoms with Gasteiger partial charge in [-0.15, -0.1) is 0 Å². The van der Waals surface area contributed by atoms with Crippen LogP contribution in [0.2, 0.25) is 0 Å². The number of aliphatic hydroxyl groups excluding tert-OH is 4. The van der Waals surface area contributed by atoms with Crippen molar-refractivity contribution in [2.45, 2.75) is 144 Å². The Balaban J connectivity index is 0.000000405. The van der Waals surface area contributed by atoms with E-state index in [1.165, 1.54) is 44.5 Å². The molecule has 2 amide bonds. The highest BCUT2D eigenvalue weighted by Crippen LogP contribution is 2.23. The second kappa shape index (κ2) is 52.1. The van der Waals surface area contributed by atoms with E-state index in [0.29, 0.717) is 83.3 Å². The summed E-state index contributed by atoms with van der Waals surface area (Å²) in [4.78, 5) is 48.1. The van der Waals surface area contributed by atoms with Crippen LogP contribution >= 0.6 is 0 Å². The number of hydrogen-bond acceptors (Lipinski definition) is 9. The van der Waals surface area contributed by atoms with Gasteiger partial charge in [-0.1, -0.05) is 162 Å². The highest BCUT2D eigenvalue weighted by Gasteiger charge is 2.35. The Morgan fingerprint density at radius 3 is 0.800 bits per heavy atom. The number of likely N-dealkylation sites (N-methyl/N-ethyl adjacent to an activating group) is 2. The Bertz CT molecular complexity index is 3540. The molecule has 0 unspecified atom stereocenters. The summed E-state index contributed by atoms with van der Waals surface area (Å²) in [6, 6.07) is 49.5. The van der Waals surface area contributed by atoms with Crippen molar-refractivity contribution in [3.05, 3.63) is 212 Å². The van der Waals surface area contributed by atoms with Crippen LogP contribution in [0.4, 0.5) is 0 Å². The molecule has 6 N–H and O–H groups in total. The third-order valence-corrected chi connectivity index (χ3v) is 21.0. The van der Waals surface area contributed by atoms with Crippen molar-refractivity contribution in [1.29, 1.82) is 0 Å². The van der Waals surface area contributed by atoms with Crippen LogP contribution in [0.3, 0.4) is 0 Å². The van der Waals surface area contributed by atoms with Crippen molar-refractivity contribution < 1.29 is 80.2 Å². The maximum absolute atomic E-state index is 12.2. The molecular weight excluding hydrogens is 1440 g/mol. The Hall–Kier alpha value is -6.92. The van der Waals surface area contributed by atoms with Crippen LogP contribution in [-0.2, 0) is 56.8 Å². The molecule has 115 heavy (non-hydrogen) atoms. The first-order chi connectivity index (χ1) is 54.2. The minimum atomic E-state index is -0.0691. The summed E-state index contributed by atoms with van der Waals surface area (Å²) < 4.78 is 12.8. The highest BCUT2D eigenvalue weighted by molar-refractivity contribution is 5.99. The molecule has 0 fully saturated rings. The average Bonchev–Trinajstić information content (AvgIpc) is 0.814. The van der Waals surface area contributed by atoms with Gasteiger partial charge in [-0.05, 0) is 86.8 Å². The van der Waals surface area contributed by atoms with Crippen molar-refractivity contribution in [2.24, 2.45) is 0 Å². The van der Waals surface area contributed by atoms with Gasteiger partial charge < -0.3 is 71.7 Å². The Labute approximate surface area is 697 Å². The van der Waals surface area contributed by atoms with Gasteiger partial charge in [-0.3, -0.25) is 19.2 Å². The van der Waals surface area contributed by atoms with E-state index < -0.39 is 0 Å². The zero-order valence-electron chi connectivity index (χ0n) is 75.7. The zero-order valence-corrected chi connectivity index (χ0v) is 75.7. The molecule has 0 aliphatic heterocycles.